The van der Waals surface area contributed by atoms with Gasteiger partial charge in [0.05, 0.1) is 0 Å². The first-order valence-corrected chi connectivity index (χ1v) is 6.02. The molecule has 0 fully saturated rings. The Kier molecular flexibility index (Phi) is 3.67. The minimum Gasteiger partial charge on any atom is -0.507 e. The van der Waals surface area contributed by atoms with E-state index in [1.165, 1.54) is 5.56 Å². The van der Waals surface area contributed by atoms with Crippen LogP contribution in [-0.2, 0) is 6.42 Å². The fraction of sp³-hybridized carbons (Fsp3) is 0.250. The van der Waals surface area contributed by atoms with Crippen molar-refractivity contribution < 1.29 is 5.11 Å². The van der Waals surface area contributed by atoms with Crippen molar-refractivity contribution in [2.75, 3.05) is 0 Å². The van der Waals surface area contributed by atoms with E-state index in [1.807, 2.05) is 24.3 Å². The van der Waals surface area contributed by atoms with E-state index >= 15 is 0 Å². The quantitative estimate of drug-likeness (QED) is 0.832. The van der Waals surface area contributed by atoms with Crippen LogP contribution in [0.3, 0.4) is 0 Å². The zero-order valence-corrected chi connectivity index (χ0v) is 10.0. The van der Waals surface area contributed by atoms with Crippen molar-refractivity contribution in [2.24, 2.45) is 0 Å². The number of phenolic OH excluding ortho intramolecular Hbond substituents is 1. The van der Waals surface area contributed by atoms with Crippen LogP contribution in [0.25, 0.3) is 11.1 Å². The van der Waals surface area contributed by atoms with Gasteiger partial charge in [0.1, 0.15) is 5.75 Å². The third kappa shape index (κ3) is 2.60. The van der Waals surface area contributed by atoms with Crippen molar-refractivity contribution in [3.8, 4) is 16.9 Å². The Labute approximate surface area is 103 Å². The molecule has 0 amide bonds. The summed E-state index contributed by atoms with van der Waals surface area (Å²) >= 11 is 0. The number of rotatable bonds is 4. The molecule has 2 rings (SSSR count). The molecule has 0 heterocycles. The second-order valence-electron chi connectivity index (χ2n) is 4.12. The minimum atomic E-state index is 0.328. The van der Waals surface area contributed by atoms with E-state index in [4.69, 9.17) is 0 Å². The van der Waals surface area contributed by atoms with Gasteiger partial charge in [-0.2, -0.15) is 0 Å². The highest BCUT2D eigenvalue weighted by atomic mass is 16.3. The molecule has 1 N–H and O–H groups in total. The summed E-state index contributed by atoms with van der Waals surface area (Å²) in [6.07, 6.45) is 3.27. The van der Waals surface area contributed by atoms with Gasteiger partial charge in [-0.15, -0.1) is 0 Å². The van der Waals surface area contributed by atoms with Crippen molar-refractivity contribution in [1.29, 1.82) is 0 Å². The maximum absolute atomic E-state index is 10.0. The van der Waals surface area contributed by atoms with Crippen LogP contribution < -0.4 is 0 Å². The minimum absolute atomic E-state index is 0.328. The number of benzene rings is 1. The van der Waals surface area contributed by atoms with E-state index in [1.54, 1.807) is 6.07 Å². The van der Waals surface area contributed by atoms with Crippen molar-refractivity contribution in [1.82, 2.24) is 0 Å². The van der Waals surface area contributed by atoms with Gasteiger partial charge in [0.2, 0.25) is 0 Å². The molecule has 1 heteroatoms. The molecular formula is C16H16O. The largest absolute Gasteiger partial charge is 0.507 e. The monoisotopic (exact) mass is 224 g/mol. The summed E-state index contributed by atoms with van der Waals surface area (Å²) in [4.78, 5) is 0. The Morgan fingerprint density at radius 2 is 2.06 bits per heavy atom. The Morgan fingerprint density at radius 3 is 2.76 bits per heavy atom. The van der Waals surface area contributed by atoms with E-state index in [-0.39, 0.29) is 0 Å². The van der Waals surface area contributed by atoms with E-state index in [2.05, 4.69) is 25.1 Å². The van der Waals surface area contributed by atoms with E-state index in [9.17, 15) is 5.11 Å². The van der Waals surface area contributed by atoms with Gasteiger partial charge in [-0.1, -0.05) is 43.7 Å². The summed E-state index contributed by atoms with van der Waals surface area (Å²) in [6, 6.07) is 17.4. The number of aromatic hydroxyl groups is 1. The van der Waals surface area contributed by atoms with E-state index in [0.717, 1.165) is 30.4 Å². The highest BCUT2D eigenvalue weighted by Crippen LogP contribution is 2.32. The molecule has 86 valence electrons. The van der Waals surface area contributed by atoms with Crippen LogP contribution in [0.5, 0.6) is 5.75 Å². The average Bonchev–Trinajstić information content (AvgIpc) is 2.37. The molecule has 0 spiro atoms. The lowest BCUT2D eigenvalue weighted by Gasteiger charge is -2.09. The van der Waals surface area contributed by atoms with Crippen LogP contribution in [0.15, 0.2) is 36.4 Å². The third-order valence-corrected chi connectivity index (χ3v) is 2.85. The molecule has 2 aromatic carbocycles. The molecule has 0 aliphatic heterocycles. The molecule has 0 saturated heterocycles. The number of aryl methyl sites for hydroxylation is 1. The van der Waals surface area contributed by atoms with Crippen LogP contribution in [0, 0.1) is 12.1 Å². The van der Waals surface area contributed by atoms with Gasteiger partial charge in [0.25, 0.3) is 0 Å². The summed E-state index contributed by atoms with van der Waals surface area (Å²) in [7, 11) is 0. The molecule has 0 atom stereocenters. The van der Waals surface area contributed by atoms with Gasteiger partial charge in [-0.05, 0) is 36.6 Å². The first kappa shape index (κ1) is 11.5. The molecule has 0 bridgehead atoms. The number of unbranched alkanes of at least 4 members (excludes halogenated alkanes) is 1. The standard InChI is InChI=1S/C16H16O/c1-2-3-8-13-11-7-12-15(17)16(13)14-9-5-4-6-10-14/h4-5,7,9,11-12,17H,2-3,8H2,1H3. The molecule has 1 nitrogen and oxygen atoms in total. The number of phenols is 1. The highest BCUT2D eigenvalue weighted by Gasteiger charge is 2.09. The molecule has 0 aliphatic rings. The molecule has 0 unspecified atom stereocenters. The second-order valence-corrected chi connectivity index (χ2v) is 4.12. The van der Waals surface area contributed by atoms with Crippen LogP contribution >= 0.6 is 0 Å². The lowest BCUT2D eigenvalue weighted by atomic mass is 9.96. The lowest BCUT2D eigenvalue weighted by molar-refractivity contribution is 0.476. The summed E-state index contributed by atoms with van der Waals surface area (Å²) in [5.41, 5.74) is 3.00. The fourth-order valence-electron chi connectivity index (χ4n) is 1.97. The zero-order chi connectivity index (χ0) is 12.1. The Bertz CT molecular complexity index is 474. The predicted octanol–water partition coefficient (Wildman–Crippen LogP) is 4.00. The normalized spacial score (nSPS) is 9.94. The third-order valence-electron chi connectivity index (χ3n) is 2.85. The maximum Gasteiger partial charge on any atom is 0.124 e. The van der Waals surface area contributed by atoms with Gasteiger partial charge in [0, 0.05) is 11.1 Å². The Morgan fingerprint density at radius 1 is 1.18 bits per heavy atom. The van der Waals surface area contributed by atoms with Crippen LogP contribution in [-0.4, -0.2) is 5.11 Å². The number of hydrogen-bond acceptors (Lipinski definition) is 1. The first-order valence-electron chi connectivity index (χ1n) is 6.02. The summed E-state index contributed by atoms with van der Waals surface area (Å²) < 4.78 is 0. The smallest absolute Gasteiger partial charge is 0.124 e. The van der Waals surface area contributed by atoms with E-state index < -0.39 is 0 Å². The van der Waals surface area contributed by atoms with Crippen molar-refractivity contribution in [3.63, 3.8) is 0 Å². The Hall–Kier alpha value is -1.94. The van der Waals surface area contributed by atoms with Gasteiger partial charge < -0.3 is 5.11 Å². The van der Waals surface area contributed by atoms with Crippen LogP contribution in [0.1, 0.15) is 25.3 Å². The van der Waals surface area contributed by atoms with Crippen molar-refractivity contribution in [3.05, 3.63) is 54.1 Å². The molecule has 2 aromatic rings. The van der Waals surface area contributed by atoms with E-state index in [0.29, 0.717) is 5.75 Å². The van der Waals surface area contributed by atoms with Gasteiger partial charge >= 0.3 is 0 Å². The number of hydrogen-bond donors (Lipinski definition) is 1. The van der Waals surface area contributed by atoms with Crippen molar-refractivity contribution >= 4 is 0 Å². The van der Waals surface area contributed by atoms with Gasteiger partial charge in [-0.3, -0.25) is 0 Å². The molecule has 0 radical (unpaired) electrons. The highest BCUT2D eigenvalue weighted by molar-refractivity contribution is 5.72. The molecular weight excluding hydrogens is 208 g/mol. The van der Waals surface area contributed by atoms with Crippen LogP contribution in [0.4, 0.5) is 0 Å². The summed E-state index contributed by atoms with van der Waals surface area (Å²) in [6.45, 7) is 2.17. The molecule has 17 heavy (non-hydrogen) atoms. The molecule has 0 saturated carbocycles. The SMILES string of the molecule is CCCCc1cccc(O)c1-c1c#cccc1. The molecule has 0 aromatic heterocycles. The van der Waals surface area contributed by atoms with Crippen LogP contribution in [0.2, 0.25) is 0 Å². The first-order chi connectivity index (χ1) is 8.33. The zero-order valence-electron chi connectivity index (χ0n) is 10.0. The molecule has 0 aliphatic carbocycles. The summed E-state index contributed by atoms with van der Waals surface area (Å²) in [5.74, 6) is 0.328. The lowest BCUT2D eigenvalue weighted by Crippen LogP contribution is -1.90. The summed E-state index contributed by atoms with van der Waals surface area (Å²) in [5, 5.41) is 10.0. The average molecular weight is 224 g/mol. The second kappa shape index (κ2) is 5.41. The fourth-order valence-corrected chi connectivity index (χ4v) is 1.97. The maximum atomic E-state index is 10.0. The Balaban J connectivity index is 2.44. The van der Waals surface area contributed by atoms with Crippen molar-refractivity contribution in [2.45, 2.75) is 26.2 Å². The van der Waals surface area contributed by atoms with Gasteiger partial charge in [-0.25, -0.2) is 0 Å². The predicted molar refractivity (Wildman–Crippen MR) is 69.8 cm³/mol. The topological polar surface area (TPSA) is 20.2 Å². The van der Waals surface area contributed by atoms with Gasteiger partial charge in [0.15, 0.2) is 0 Å².